The van der Waals surface area contributed by atoms with Crippen LogP contribution in [-0.2, 0) is 4.74 Å². The molecule has 1 aliphatic rings. The maximum atomic E-state index is 10.0. The fourth-order valence-corrected chi connectivity index (χ4v) is 2.25. The van der Waals surface area contributed by atoms with Gasteiger partial charge in [-0.3, -0.25) is 4.98 Å². The van der Waals surface area contributed by atoms with Crippen molar-refractivity contribution in [2.45, 2.75) is 24.4 Å². The predicted octanol–water partition coefficient (Wildman–Crippen LogP) is -0.979. The summed E-state index contributed by atoms with van der Waals surface area (Å²) in [5, 5.41) is 39.3. The van der Waals surface area contributed by atoms with Crippen LogP contribution in [0.1, 0.15) is 11.8 Å². The van der Waals surface area contributed by atoms with Crippen LogP contribution in [0.4, 0.5) is 0 Å². The highest BCUT2D eigenvalue weighted by molar-refractivity contribution is 5.56. The van der Waals surface area contributed by atoms with Crippen LogP contribution < -0.4 is 0 Å². The summed E-state index contributed by atoms with van der Waals surface area (Å²) in [6.07, 6.45) is -2.44. The number of aliphatic hydroxyl groups is 3. The third-order valence-corrected chi connectivity index (χ3v) is 3.29. The standard InChI is InChI=1S/C12H14N4O4/c17-5-7-10(18)11(19)12(20-7)9-8(14-16-15-9)6-3-1-2-4-13-6/h1-4,7,10-12,17-19H,5H2,(H,14,15,16)/t7-,10-,11-,12?/m1/s1. The van der Waals surface area contributed by atoms with Gasteiger partial charge in [0.25, 0.3) is 0 Å². The molecule has 0 saturated carbocycles. The highest BCUT2D eigenvalue weighted by Gasteiger charge is 2.45. The molecular formula is C12H14N4O4. The third kappa shape index (κ3) is 2.08. The summed E-state index contributed by atoms with van der Waals surface area (Å²) in [4.78, 5) is 4.16. The summed E-state index contributed by atoms with van der Waals surface area (Å²) in [6, 6.07) is 5.33. The lowest BCUT2D eigenvalue weighted by molar-refractivity contribution is -0.0238. The lowest BCUT2D eigenvalue weighted by Crippen LogP contribution is -2.32. The molecule has 106 valence electrons. The van der Waals surface area contributed by atoms with E-state index >= 15 is 0 Å². The van der Waals surface area contributed by atoms with Crippen molar-refractivity contribution in [3.63, 3.8) is 0 Å². The first-order valence-corrected chi connectivity index (χ1v) is 6.17. The SMILES string of the molecule is OC[C@H]1OC(c2n[nH]nc2-c2ccccn2)[C@H](O)[C@@H]1O. The van der Waals surface area contributed by atoms with Crippen molar-refractivity contribution in [3.8, 4) is 11.4 Å². The molecule has 1 fully saturated rings. The number of H-pyrrole nitrogens is 1. The van der Waals surface area contributed by atoms with E-state index in [4.69, 9.17) is 9.84 Å². The Morgan fingerprint density at radius 3 is 2.70 bits per heavy atom. The Balaban J connectivity index is 1.95. The molecular weight excluding hydrogens is 264 g/mol. The minimum atomic E-state index is -1.18. The van der Waals surface area contributed by atoms with Crippen LogP contribution in [0.15, 0.2) is 24.4 Å². The quantitative estimate of drug-likeness (QED) is 0.568. The van der Waals surface area contributed by atoms with Gasteiger partial charge in [-0.15, -0.1) is 0 Å². The molecule has 0 aromatic carbocycles. The second-order valence-electron chi connectivity index (χ2n) is 4.53. The van der Waals surface area contributed by atoms with Crippen molar-refractivity contribution in [2.24, 2.45) is 0 Å². The number of hydrogen-bond acceptors (Lipinski definition) is 7. The first-order chi connectivity index (χ1) is 9.72. The Hall–Kier alpha value is -1.87. The van der Waals surface area contributed by atoms with Gasteiger partial charge in [0.05, 0.1) is 12.3 Å². The number of hydrogen-bond donors (Lipinski definition) is 4. The second kappa shape index (κ2) is 5.25. The summed E-state index contributed by atoms with van der Waals surface area (Å²) in [6.45, 7) is -0.383. The highest BCUT2D eigenvalue weighted by atomic mass is 16.6. The van der Waals surface area contributed by atoms with Crippen LogP contribution >= 0.6 is 0 Å². The summed E-state index contributed by atoms with van der Waals surface area (Å²) in [5.41, 5.74) is 1.38. The zero-order valence-electron chi connectivity index (χ0n) is 10.4. The van der Waals surface area contributed by atoms with Gasteiger partial charge >= 0.3 is 0 Å². The van der Waals surface area contributed by atoms with Gasteiger partial charge in [-0.05, 0) is 12.1 Å². The summed E-state index contributed by atoms with van der Waals surface area (Å²) in [7, 11) is 0. The van der Waals surface area contributed by atoms with Gasteiger partial charge in [0.15, 0.2) is 0 Å². The zero-order chi connectivity index (χ0) is 14.1. The molecule has 0 bridgehead atoms. The first kappa shape index (κ1) is 13.1. The third-order valence-electron chi connectivity index (χ3n) is 3.29. The van der Waals surface area contributed by atoms with E-state index in [9.17, 15) is 10.2 Å². The van der Waals surface area contributed by atoms with E-state index in [0.717, 1.165) is 0 Å². The molecule has 8 heteroatoms. The number of nitrogens with one attached hydrogen (secondary N) is 1. The lowest BCUT2D eigenvalue weighted by Gasteiger charge is -2.12. The molecule has 20 heavy (non-hydrogen) atoms. The number of rotatable bonds is 3. The van der Waals surface area contributed by atoms with Crippen LogP contribution in [0.25, 0.3) is 11.4 Å². The van der Waals surface area contributed by atoms with Crippen LogP contribution in [0.2, 0.25) is 0 Å². The lowest BCUT2D eigenvalue weighted by atomic mass is 10.0. The number of aromatic amines is 1. The molecule has 1 saturated heterocycles. The van der Waals surface area contributed by atoms with Gasteiger partial charge in [-0.2, -0.15) is 15.4 Å². The molecule has 2 aromatic rings. The van der Waals surface area contributed by atoms with E-state index in [0.29, 0.717) is 17.1 Å². The van der Waals surface area contributed by atoms with E-state index in [2.05, 4.69) is 20.4 Å². The number of pyridine rings is 1. The molecule has 3 heterocycles. The van der Waals surface area contributed by atoms with Gasteiger partial charge in [-0.25, -0.2) is 0 Å². The van der Waals surface area contributed by atoms with Crippen LogP contribution in [-0.4, -0.2) is 60.6 Å². The molecule has 1 unspecified atom stereocenters. The second-order valence-corrected chi connectivity index (χ2v) is 4.53. The molecule has 4 atom stereocenters. The average Bonchev–Trinajstić information content (AvgIpc) is 3.06. The summed E-state index contributed by atoms with van der Waals surface area (Å²) in [5.74, 6) is 0. The average molecular weight is 278 g/mol. The van der Waals surface area contributed by atoms with Crippen LogP contribution in [0, 0.1) is 0 Å². The predicted molar refractivity (Wildman–Crippen MR) is 66.3 cm³/mol. The smallest absolute Gasteiger partial charge is 0.137 e. The van der Waals surface area contributed by atoms with E-state index in [1.54, 1.807) is 24.4 Å². The van der Waals surface area contributed by atoms with Crippen LogP contribution in [0.3, 0.4) is 0 Å². The first-order valence-electron chi connectivity index (χ1n) is 6.17. The minimum absolute atomic E-state index is 0.353. The van der Waals surface area contributed by atoms with Gasteiger partial charge in [-0.1, -0.05) is 6.07 Å². The normalized spacial score (nSPS) is 29.8. The van der Waals surface area contributed by atoms with E-state index in [-0.39, 0.29) is 6.61 Å². The van der Waals surface area contributed by atoms with E-state index < -0.39 is 24.4 Å². The number of aromatic nitrogens is 4. The monoisotopic (exact) mass is 278 g/mol. The van der Waals surface area contributed by atoms with Gasteiger partial charge in [0.1, 0.15) is 35.8 Å². The van der Waals surface area contributed by atoms with Crippen molar-refractivity contribution in [1.29, 1.82) is 0 Å². The zero-order valence-corrected chi connectivity index (χ0v) is 10.4. The molecule has 0 spiro atoms. The largest absolute Gasteiger partial charge is 0.394 e. The van der Waals surface area contributed by atoms with Crippen molar-refractivity contribution in [2.75, 3.05) is 6.61 Å². The van der Waals surface area contributed by atoms with E-state index in [1.807, 2.05) is 0 Å². The molecule has 3 rings (SSSR count). The molecule has 1 aliphatic heterocycles. The number of ether oxygens (including phenoxy) is 1. The molecule has 2 aromatic heterocycles. The summed E-state index contributed by atoms with van der Waals surface area (Å²) < 4.78 is 5.44. The summed E-state index contributed by atoms with van der Waals surface area (Å²) >= 11 is 0. The minimum Gasteiger partial charge on any atom is -0.394 e. The fourth-order valence-electron chi connectivity index (χ4n) is 2.25. The molecule has 8 nitrogen and oxygen atoms in total. The highest BCUT2D eigenvalue weighted by Crippen LogP contribution is 2.35. The Bertz CT molecular complexity index is 576. The van der Waals surface area contributed by atoms with Crippen LogP contribution in [0.5, 0.6) is 0 Å². The van der Waals surface area contributed by atoms with Gasteiger partial charge in [0, 0.05) is 6.20 Å². The maximum Gasteiger partial charge on any atom is 0.137 e. The molecule has 0 radical (unpaired) electrons. The topological polar surface area (TPSA) is 124 Å². The number of aliphatic hydroxyl groups excluding tert-OH is 3. The number of nitrogens with zero attached hydrogens (tertiary/aromatic N) is 3. The Kier molecular flexibility index (Phi) is 3.45. The van der Waals surface area contributed by atoms with Crippen molar-refractivity contribution in [1.82, 2.24) is 20.4 Å². The Labute approximate surface area is 114 Å². The van der Waals surface area contributed by atoms with Crippen molar-refractivity contribution < 1.29 is 20.1 Å². The van der Waals surface area contributed by atoms with E-state index in [1.165, 1.54) is 0 Å². The van der Waals surface area contributed by atoms with Crippen molar-refractivity contribution >= 4 is 0 Å². The van der Waals surface area contributed by atoms with Crippen molar-refractivity contribution in [3.05, 3.63) is 30.1 Å². The molecule has 0 aliphatic carbocycles. The Morgan fingerprint density at radius 2 is 2.05 bits per heavy atom. The maximum absolute atomic E-state index is 10.0. The molecule has 0 amide bonds. The Morgan fingerprint density at radius 1 is 1.20 bits per heavy atom. The van der Waals surface area contributed by atoms with Gasteiger partial charge < -0.3 is 20.1 Å². The molecule has 4 N–H and O–H groups in total. The fraction of sp³-hybridized carbons (Fsp3) is 0.417. The van der Waals surface area contributed by atoms with Gasteiger partial charge in [0.2, 0.25) is 0 Å².